The second-order valence-electron chi connectivity index (χ2n) is 5.23. The summed E-state index contributed by atoms with van der Waals surface area (Å²) >= 11 is 0. The van der Waals surface area contributed by atoms with Gasteiger partial charge in [-0.05, 0) is 23.8 Å². The highest BCUT2D eigenvalue weighted by molar-refractivity contribution is 5.68. The Labute approximate surface area is 128 Å². The number of nitrogens with two attached hydrogens (primary N) is 1. The van der Waals surface area contributed by atoms with Gasteiger partial charge in [-0.3, -0.25) is 0 Å². The Morgan fingerprint density at radius 2 is 1.91 bits per heavy atom. The molecule has 1 saturated heterocycles. The molecule has 6 heteroatoms. The maximum atomic E-state index is 13.0. The van der Waals surface area contributed by atoms with Crippen molar-refractivity contribution in [2.45, 2.75) is 6.54 Å². The zero-order chi connectivity index (χ0) is 15.5. The zero-order valence-electron chi connectivity index (χ0n) is 12.1. The molecule has 1 aliphatic rings. The molecule has 1 fully saturated rings. The summed E-state index contributed by atoms with van der Waals surface area (Å²) in [5.41, 5.74) is 8.12. The van der Waals surface area contributed by atoms with Gasteiger partial charge < -0.3 is 19.9 Å². The fourth-order valence-electron chi connectivity index (χ4n) is 2.71. The summed E-state index contributed by atoms with van der Waals surface area (Å²) in [5.74, 6) is 0.564. The molecule has 0 amide bonds. The van der Waals surface area contributed by atoms with Gasteiger partial charge in [0.2, 0.25) is 0 Å². The molecule has 0 bridgehead atoms. The van der Waals surface area contributed by atoms with Crippen LogP contribution in [0, 0.1) is 17.1 Å². The van der Waals surface area contributed by atoms with Crippen molar-refractivity contribution in [1.82, 2.24) is 4.57 Å². The average molecular weight is 300 g/mol. The summed E-state index contributed by atoms with van der Waals surface area (Å²) in [5, 5.41) is 9.35. The molecule has 2 aromatic rings. The summed E-state index contributed by atoms with van der Waals surface area (Å²) in [4.78, 5) is 2.13. The first-order valence-corrected chi connectivity index (χ1v) is 7.15. The number of benzene rings is 1. The first-order valence-electron chi connectivity index (χ1n) is 7.15. The summed E-state index contributed by atoms with van der Waals surface area (Å²) in [6.07, 6.45) is 0. The molecule has 1 aromatic heterocycles. The minimum atomic E-state index is -0.273. The van der Waals surface area contributed by atoms with Crippen molar-refractivity contribution in [3.63, 3.8) is 0 Å². The number of hydrogen-bond acceptors (Lipinski definition) is 4. The van der Waals surface area contributed by atoms with Crippen LogP contribution in [0.2, 0.25) is 0 Å². The van der Waals surface area contributed by atoms with E-state index < -0.39 is 0 Å². The molecule has 0 aliphatic carbocycles. The molecule has 5 nitrogen and oxygen atoms in total. The van der Waals surface area contributed by atoms with Crippen LogP contribution in [-0.2, 0) is 11.3 Å². The van der Waals surface area contributed by atoms with Crippen molar-refractivity contribution in [3.05, 3.63) is 47.4 Å². The summed E-state index contributed by atoms with van der Waals surface area (Å²) in [7, 11) is 0. The maximum Gasteiger partial charge on any atom is 0.133 e. The molecular formula is C16H17FN4O. The Hall–Kier alpha value is -2.52. The second-order valence-corrected chi connectivity index (χ2v) is 5.23. The Balaban J connectivity index is 1.97. The lowest BCUT2D eigenvalue weighted by molar-refractivity contribution is 0.122. The van der Waals surface area contributed by atoms with Crippen LogP contribution in [0.4, 0.5) is 15.9 Å². The maximum absolute atomic E-state index is 13.0. The highest BCUT2D eigenvalue weighted by Gasteiger charge is 2.21. The van der Waals surface area contributed by atoms with Gasteiger partial charge in [-0.25, -0.2) is 4.39 Å². The number of morpholine rings is 1. The molecule has 0 atom stereocenters. The molecule has 0 unspecified atom stereocenters. The van der Waals surface area contributed by atoms with Crippen LogP contribution in [0.1, 0.15) is 11.3 Å². The van der Waals surface area contributed by atoms with Gasteiger partial charge in [0.1, 0.15) is 23.4 Å². The summed E-state index contributed by atoms with van der Waals surface area (Å²) < 4.78 is 20.3. The fraction of sp³-hybridized carbons (Fsp3) is 0.312. The zero-order valence-corrected chi connectivity index (χ0v) is 12.1. The predicted molar refractivity (Wildman–Crippen MR) is 82.1 cm³/mol. The predicted octanol–water partition coefficient (Wildman–Crippen LogP) is 1.97. The third kappa shape index (κ3) is 2.76. The fourth-order valence-corrected chi connectivity index (χ4v) is 2.71. The first kappa shape index (κ1) is 14.4. The molecule has 22 heavy (non-hydrogen) atoms. The standard InChI is InChI=1S/C16H17FN4O/c17-13-3-1-12(2-4-13)11-21-14(10-18)9-15(19)16(21)20-5-7-22-8-6-20/h1-4,9H,5-8,11,19H2. The van der Waals surface area contributed by atoms with Crippen LogP contribution < -0.4 is 10.6 Å². The van der Waals surface area contributed by atoms with E-state index in [9.17, 15) is 9.65 Å². The van der Waals surface area contributed by atoms with Crippen LogP contribution in [0.15, 0.2) is 30.3 Å². The second kappa shape index (κ2) is 6.08. The minimum Gasteiger partial charge on any atom is -0.396 e. The summed E-state index contributed by atoms with van der Waals surface area (Å²) in [6, 6.07) is 10.1. The average Bonchev–Trinajstić information content (AvgIpc) is 2.86. The Kier molecular flexibility index (Phi) is 3.98. The van der Waals surface area contributed by atoms with Crippen LogP contribution in [0.3, 0.4) is 0 Å². The van der Waals surface area contributed by atoms with E-state index in [-0.39, 0.29) is 5.82 Å². The van der Waals surface area contributed by atoms with Crippen molar-refractivity contribution in [2.75, 3.05) is 36.9 Å². The highest BCUT2D eigenvalue weighted by Crippen LogP contribution is 2.29. The number of hydrogen-bond donors (Lipinski definition) is 1. The monoisotopic (exact) mass is 300 g/mol. The van der Waals surface area contributed by atoms with Crippen molar-refractivity contribution in [1.29, 1.82) is 5.26 Å². The number of anilines is 2. The number of aromatic nitrogens is 1. The van der Waals surface area contributed by atoms with Gasteiger partial charge in [-0.1, -0.05) is 12.1 Å². The van der Waals surface area contributed by atoms with Crippen LogP contribution in [-0.4, -0.2) is 30.9 Å². The normalized spacial score (nSPS) is 14.8. The van der Waals surface area contributed by atoms with Crippen molar-refractivity contribution < 1.29 is 9.13 Å². The molecule has 3 rings (SSSR count). The number of ether oxygens (including phenoxy) is 1. The third-order valence-corrected chi connectivity index (χ3v) is 3.78. The molecule has 0 spiro atoms. The van der Waals surface area contributed by atoms with E-state index in [0.29, 0.717) is 31.1 Å². The quantitative estimate of drug-likeness (QED) is 0.941. The minimum absolute atomic E-state index is 0.273. The lowest BCUT2D eigenvalue weighted by Crippen LogP contribution is -2.38. The molecule has 0 saturated carbocycles. The molecule has 1 aromatic carbocycles. The Morgan fingerprint density at radius 3 is 2.55 bits per heavy atom. The molecule has 114 valence electrons. The van der Waals surface area contributed by atoms with Gasteiger partial charge in [0.15, 0.2) is 0 Å². The molecular weight excluding hydrogens is 283 g/mol. The number of rotatable bonds is 3. The SMILES string of the molecule is N#Cc1cc(N)c(N2CCOCC2)n1Cc1ccc(F)cc1. The van der Waals surface area contributed by atoms with Gasteiger partial charge >= 0.3 is 0 Å². The van der Waals surface area contributed by atoms with Crippen LogP contribution in [0.5, 0.6) is 0 Å². The smallest absolute Gasteiger partial charge is 0.133 e. The van der Waals surface area contributed by atoms with Crippen molar-refractivity contribution in [2.24, 2.45) is 0 Å². The number of nitrogens with zero attached hydrogens (tertiary/aromatic N) is 3. The number of nitriles is 1. The van der Waals surface area contributed by atoms with E-state index in [1.54, 1.807) is 18.2 Å². The van der Waals surface area contributed by atoms with Gasteiger partial charge in [-0.2, -0.15) is 5.26 Å². The van der Waals surface area contributed by atoms with Crippen LogP contribution in [0.25, 0.3) is 0 Å². The first-order chi connectivity index (χ1) is 10.7. The molecule has 1 aliphatic heterocycles. The largest absolute Gasteiger partial charge is 0.396 e. The van der Waals surface area contributed by atoms with Crippen molar-refractivity contribution in [3.8, 4) is 6.07 Å². The van der Waals surface area contributed by atoms with Crippen LogP contribution >= 0.6 is 0 Å². The molecule has 2 N–H and O–H groups in total. The molecule has 0 radical (unpaired) electrons. The van der Waals surface area contributed by atoms with Gasteiger partial charge in [-0.15, -0.1) is 0 Å². The lowest BCUT2D eigenvalue weighted by atomic mass is 10.2. The topological polar surface area (TPSA) is 67.2 Å². The van der Waals surface area contributed by atoms with E-state index in [2.05, 4.69) is 11.0 Å². The number of nitrogen functional groups attached to an aromatic ring is 1. The third-order valence-electron chi connectivity index (χ3n) is 3.78. The Morgan fingerprint density at radius 1 is 1.23 bits per heavy atom. The van der Waals surface area contributed by atoms with Gasteiger partial charge in [0, 0.05) is 13.1 Å². The highest BCUT2D eigenvalue weighted by atomic mass is 19.1. The lowest BCUT2D eigenvalue weighted by Gasteiger charge is -2.30. The van der Waals surface area contributed by atoms with E-state index in [0.717, 1.165) is 24.5 Å². The van der Waals surface area contributed by atoms with E-state index in [1.807, 2.05) is 4.57 Å². The van der Waals surface area contributed by atoms with E-state index >= 15 is 0 Å². The Bertz CT molecular complexity index is 696. The van der Waals surface area contributed by atoms with E-state index in [1.165, 1.54) is 12.1 Å². The van der Waals surface area contributed by atoms with Gasteiger partial charge in [0.25, 0.3) is 0 Å². The number of halogens is 1. The summed E-state index contributed by atoms with van der Waals surface area (Å²) in [6.45, 7) is 3.24. The molecule has 2 heterocycles. The van der Waals surface area contributed by atoms with E-state index in [4.69, 9.17) is 10.5 Å². The van der Waals surface area contributed by atoms with Gasteiger partial charge in [0.05, 0.1) is 25.4 Å². The van der Waals surface area contributed by atoms with Crippen molar-refractivity contribution >= 4 is 11.5 Å².